The van der Waals surface area contributed by atoms with Crippen LogP contribution in [0.1, 0.15) is 13.8 Å². The van der Waals surface area contributed by atoms with E-state index in [0.29, 0.717) is 0 Å². The first-order chi connectivity index (χ1) is 12.9. The van der Waals surface area contributed by atoms with Gasteiger partial charge < -0.3 is 15.0 Å². The fraction of sp³-hybridized carbons (Fsp3) is 0.692. The summed E-state index contributed by atoms with van der Waals surface area (Å²) in [5.41, 5.74) is 0. The van der Waals surface area contributed by atoms with Crippen LogP contribution in [0.3, 0.4) is 0 Å². The number of aromatic nitrogens is 4. The summed E-state index contributed by atoms with van der Waals surface area (Å²) < 4.78 is 16.1. The lowest BCUT2D eigenvalue weighted by Gasteiger charge is -2.43. The zero-order chi connectivity index (χ0) is 20.9. The first-order valence-corrected chi connectivity index (χ1v) is 10.2. The molecule has 3 unspecified atom stereocenters. The Bertz CT molecular complexity index is 829. The van der Waals surface area contributed by atoms with Crippen LogP contribution in [0.25, 0.3) is 0 Å². The molecule has 2 fully saturated rings. The molecule has 0 bridgehead atoms. The molecule has 4 atom stereocenters. The number of ether oxygens (including phenoxy) is 1. The molecule has 2 amide bonds. The van der Waals surface area contributed by atoms with E-state index >= 15 is 0 Å². The van der Waals surface area contributed by atoms with E-state index in [1.54, 1.807) is 13.8 Å². The highest BCUT2D eigenvalue weighted by Gasteiger charge is 2.68. The molecule has 0 spiro atoms. The van der Waals surface area contributed by atoms with Crippen LogP contribution >= 0.6 is 34.8 Å². The highest BCUT2D eigenvalue weighted by Crippen LogP contribution is 2.44. The van der Waals surface area contributed by atoms with E-state index in [1.807, 2.05) is 0 Å². The van der Waals surface area contributed by atoms with Crippen molar-refractivity contribution in [1.29, 1.82) is 0 Å². The van der Waals surface area contributed by atoms with Gasteiger partial charge in [-0.1, -0.05) is 34.8 Å². The standard InChI is InChI=1S/C13H15Cl3N6O5S/c1-12(2)8(11(25)27-4-13(14,15)16)22-9(24)7(10(22)28(12)26)18-6(23)3-21-5-17-19-20-21/h5,7-8,10H,3-4H2,1-2H3,(H,18,23)/t7?,8?,10-,28?/m0/s1. The van der Waals surface area contributed by atoms with Gasteiger partial charge in [0.15, 0.2) is 0 Å². The fourth-order valence-electron chi connectivity index (χ4n) is 3.12. The molecule has 3 heterocycles. The van der Waals surface area contributed by atoms with Gasteiger partial charge in [-0.3, -0.25) is 13.8 Å². The summed E-state index contributed by atoms with van der Waals surface area (Å²) in [6, 6.07) is -2.17. The van der Waals surface area contributed by atoms with E-state index in [1.165, 1.54) is 11.0 Å². The predicted molar refractivity (Wildman–Crippen MR) is 97.6 cm³/mol. The molecule has 0 aromatic carbocycles. The largest absolute Gasteiger partial charge is 0.460 e. The molecule has 2 aliphatic rings. The number of hydrogen-bond donors (Lipinski definition) is 1. The van der Waals surface area contributed by atoms with Crippen molar-refractivity contribution >= 4 is 63.4 Å². The zero-order valence-electron chi connectivity index (χ0n) is 14.5. The highest BCUT2D eigenvalue weighted by atomic mass is 35.6. The number of carbonyl (C=O) groups is 3. The van der Waals surface area contributed by atoms with E-state index in [0.717, 1.165) is 4.90 Å². The first-order valence-electron chi connectivity index (χ1n) is 7.90. The summed E-state index contributed by atoms with van der Waals surface area (Å²) in [5.74, 6) is -1.92. The molecule has 3 rings (SSSR count). The normalized spacial score (nSPS) is 28.5. The fourth-order valence-corrected chi connectivity index (χ4v) is 5.20. The van der Waals surface area contributed by atoms with Crippen LogP contribution in [0.4, 0.5) is 0 Å². The van der Waals surface area contributed by atoms with Crippen molar-refractivity contribution in [3.05, 3.63) is 6.33 Å². The number of carbonyl (C=O) groups excluding carboxylic acids is 3. The number of rotatable bonds is 5. The van der Waals surface area contributed by atoms with Crippen molar-refractivity contribution in [2.24, 2.45) is 0 Å². The molecule has 1 aromatic rings. The minimum Gasteiger partial charge on any atom is -0.460 e. The van der Waals surface area contributed by atoms with Gasteiger partial charge in [0.25, 0.3) is 0 Å². The van der Waals surface area contributed by atoms with Crippen molar-refractivity contribution in [1.82, 2.24) is 30.4 Å². The third-order valence-electron chi connectivity index (χ3n) is 4.37. The zero-order valence-corrected chi connectivity index (χ0v) is 17.6. The highest BCUT2D eigenvalue weighted by molar-refractivity contribution is 7.87. The minimum absolute atomic E-state index is 0.214. The number of amides is 2. The van der Waals surface area contributed by atoms with Crippen LogP contribution in [0.15, 0.2) is 6.33 Å². The van der Waals surface area contributed by atoms with Crippen LogP contribution in [0, 0.1) is 0 Å². The van der Waals surface area contributed by atoms with Gasteiger partial charge in [0, 0.05) is 0 Å². The summed E-state index contributed by atoms with van der Waals surface area (Å²) in [7, 11) is -1.66. The van der Waals surface area contributed by atoms with Crippen LogP contribution in [-0.4, -0.2) is 79.7 Å². The SMILES string of the molecule is CC1(C)C(C(=O)OCC(Cl)(Cl)Cl)N2C(=O)C(NC(=O)Cn3cnnn3)[C@@H]2S1=O. The third kappa shape index (κ3) is 3.82. The Hall–Kier alpha value is -1.50. The number of β-lactam (4-membered cyclic amide) rings is 1. The number of esters is 1. The maximum atomic E-state index is 12.9. The van der Waals surface area contributed by atoms with Gasteiger partial charge >= 0.3 is 5.97 Å². The average molecular weight is 474 g/mol. The molecular weight excluding hydrogens is 459 g/mol. The minimum atomic E-state index is -1.82. The van der Waals surface area contributed by atoms with Crippen LogP contribution in [0.5, 0.6) is 0 Å². The van der Waals surface area contributed by atoms with E-state index in [-0.39, 0.29) is 6.54 Å². The summed E-state index contributed by atoms with van der Waals surface area (Å²) >= 11 is 16.7. The van der Waals surface area contributed by atoms with Gasteiger partial charge in [0.1, 0.15) is 36.9 Å². The van der Waals surface area contributed by atoms with E-state index in [9.17, 15) is 18.6 Å². The second-order valence-electron chi connectivity index (χ2n) is 6.71. The lowest BCUT2D eigenvalue weighted by Crippen LogP contribution is -2.71. The molecule has 2 aliphatic heterocycles. The van der Waals surface area contributed by atoms with Gasteiger partial charge in [-0.25, -0.2) is 9.48 Å². The van der Waals surface area contributed by atoms with E-state index in [4.69, 9.17) is 39.5 Å². The number of nitrogens with one attached hydrogen (secondary N) is 1. The molecule has 1 N–H and O–H groups in total. The first kappa shape index (κ1) is 21.2. The topological polar surface area (TPSA) is 136 Å². The average Bonchev–Trinajstić information content (AvgIpc) is 3.15. The smallest absolute Gasteiger partial charge is 0.330 e. The summed E-state index contributed by atoms with van der Waals surface area (Å²) in [5, 5.41) is 12.0. The van der Waals surface area contributed by atoms with Crippen molar-refractivity contribution in [2.75, 3.05) is 6.61 Å². The Morgan fingerprint density at radius 1 is 1.39 bits per heavy atom. The molecule has 2 saturated heterocycles. The number of alkyl halides is 3. The monoisotopic (exact) mass is 472 g/mol. The van der Waals surface area contributed by atoms with Gasteiger partial charge in [0.2, 0.25) is 15.6 Å². The number of fused-ring (bicyclic) bond motifs is 1. The Kier molecular flexibility index (Phi) is 5.60. The number of halogens is 3. The summed E-state index contributed by atoms with van der Waals surface area (Å²) in [6.07, 6.45) is 1.24. The van der Waals surface area contributed by atoms with Gasteiger partial charge in [0.05, 0.1) is 15.5 Å². The summed E-state index contributed by atoms with van der Waals surface area (Å²) in [4.78, 5) is 38.3. The molecule has 0 radical (unpaired) electrons. The Morgan fingerprint density at radius 3 is 2.64 bits per heavy atom. The molecule has 15 heteroatoms. The molecule has 154 valence electrons. The van der Waals surface area contributed by atoms with Crippen molar-refractivity contribution in [3.8, 4) is 0 Å². The Labute approximate surface area is 176 Å². The molecule has 0 aliphatic carbocycles. The van der Waals surface area contributed by atoms with Crippen molar-refractivity contribution in [3.63, 3.8) is 0 Å². The molecule has 28 heavy (non-hydrogen) atoms. The lowest BCUT2D eigenvalue weighted by atomic mass is 9.96. The lowest BCUT2D eigenvalue weighted by molar-refractivity contribution is -0.164. The number of nitrogens with zero attached hydrogens (tertiary/aromatic N) is 5. The Morgan fingerprint density at radius 2 is 2.07 bits per heavy atom. The number of tetrazole rings is 1. The predicted octanol–water partition coefficient (Wildman–Crippen LogP) is -0.851. The second-order valence-corrected chi connectivity index (χ2v) is 11.4. The molecule has 1 aromatic heterocycles. The van der Waals surface area contributed by atoms with Crippen molar-refractivity contribution in [2.45, 2.75) is 46.4 Å². The van der Waals surface area contributed by atoms with Crippen LogP contribution in [0.2, 0.25) is 0 Å². The third-order valence-corrected chi connectivity index (χ3v) is 6.89. The summed E-state index contributed by atoms with van der Waals surface area (Å²) in [6.45, 7) is 2.40. The van der Waals surface area contributed by atoms with Gasteiger partial charge in [-0.2, -0.15) is 0 Å². The molecule has 0 saturated carbocycles. The van der Waals surface area contributed by atoms with Crippen LogP contribution in [-0.2, 0) is 36.5 Å². The van der Waals surface area contributed by atoms with Gasteiger partial charge in [-0.15, -0.1) is 5.10 Å². The molecule has 11 nitrogen and oxygen atoms in total. The maximum Gasteiger partial charge on any atom is 0.330 e. The quantitative estimate of drug-likeness (QED) is 0.332. The van der Waals surface area contributed by atoms with Crippen LogP contribution < -0.4 is 5.32 Å². The molecular formula is C13H15Cl3N6O5S. The van der Waals surface area contributed by atoms with Crippen molar-refractivity contribution < 1.29 is 23.3 Å². The van der Waals surface area contributed by atoms with E-state index in [2.05, 4.69) is 20.8 Å². The van der Waals surface area contributed by atoms with Gasteiger partial charge in [-0.05, 0) is 24.3 Å². The Balaban J connectivity index is 1.71. The van der Waals surface area contributed by atoms with E-state index < -0.39 is 61.2 Å². The maximum absolute atomic E-state index is 12.9. The number of hydrogen-bond acceptors (Lipinski definition) is 8. The second kappa shape index (κ2) is 7.39.